The molecule has 2 heteroatoms. The van der Waals surface area contributed by atoms with E-state index in [0.717, 1.165) is 6.61 Å². The Labute approximate surface area is 54.1 Å². The topological polar surface area (TPSA) is 9.23 Å². The van der Waals surface area contributed by atoms with Crippen LogP contribution in [0.4, 0.5) is 0 Å². The summed E-state index contributed by atoms with van der Waals surface area (Å²) in [6, 6.07) is 0. The Kier molecular flexibility index (Phi) is 43.1. The van der Waals surface area contributed by atoms with Crippen LogP contribution in [0.3, 0.4) is 0 Å². The number of hydrogen-bond donors (Lipinski definition) is 0. The van der Waals surface area contributed by atoms with Gasteiger partial charge in [0.2, 0.25) is 0 Å². The first-order valence-corrected chi connectivity index (χ1v) is 2.09. The van der Waals surface area contributed by atoms with Crippen molar-refractivity contribution in [2.24, 2.45) is 5.92 Å². The summed E-state index contributed by atoms with van der Waals surface area (Å²) in [5.74, 6) is 0.426. The molecule has 0 heterocycles. The van der Waals surface area contributed by atoms with E-state index in [1.54, 1.807) is 7.11 Å². The Morgan fingerprint density at radius 2 is 1.78 bits per heavy atom. The van der Waals surface area contributed by atoms with Crippen molar-refractivity contribution < 1.29 is 4.74 Å². The molecule has 0 amide bonds. The van der Waals surface area contributed by atoms with Crippen LogP contribution >= 0.6 is 0 Å². The summed E-state index contributed by atoms with van der Waals surface area (Å²) in [6.45, 7) is 6.48. The molecule has 0 spiro atoms. The van der Waals surface area contributed by atoms with Gasteiger partial charge in [0.15, 0.2) is 0 Å². The first-order valence-electron chi connectivity index (χ1n) is 2.09. The second-order valence-corrected chi connectivity index (χ2v) is 1.56. The van der Waals surface area contributed by atoms with Gasteiger partial charge in [0, 0.05) is 13.7 Å². The van der Waals surface area contributed by atoms with Crippen LogP contribution in [0.1, 0.15) is 21.8 Å². The Hall–Kier alpha value is -1.04. The van der Waals surface area contributed by atoms with Gasteiger partial charge in [-0.3, -0.25) is 0 Å². The second kappa shape index (κ2) is 15.8. The van der Waals surface area contributed by atoms with Crippen LogP contribution in [-0.2, 0) is 4.74 Å². The molecule has 0 aliphatic carbocycles. The minimum Gasteiger partial charge on any atom is -0.387 e. The zero-order chi connectivity index (χ0) is 4.99. The van der Waals surface area contributed by atoms with Crippen molar-refractivity contribution in [2.45, 2.75) is 21.8 Å². The molecular formula is C7H19ORf-. The van der Waals surface area contributed by atoms with Gasteiger partial charge in [0.05, 0.1) is 0 Å². The van der Waals surface area contributed by atoms with Crippen molar-refractivity contribution in [2.75, 3.05) is 13.7 Å². The van der Waals surface area contributed by atoms with Crippen LogP contribution in [0.2, 0.25) is 0 Å². The Morgan fingerprint density at radius 3 is 1.78 bits per heavy atom. The van der Waals surface area contributed by atoms with Gasteiger partial charge in [-0.2, -0.15) is 0 Å². The molecule has 0 N–H and O–H groups in total. The average molecular weight is 386 g/mol. The van der Waals surface area contributed by atoms with Crippen LogP contribution < -0.4 is 0 Å². The van der Waals surface area contributed by atoms with Gasteiger partial charge in [-0.1, -0.05) is 21.8 Å². The Morgan fingerprint density at radius 1 is 1.44 bits per heavy atom. The molecule has 0 bridgehead atoms. The van der Waals surface area contributed by atoms with Crippen molar-refractivity contribution in [1.82, 2.24) is 0 Å². The van der Waals surface area contributed by atoms with Crippen molar-refractivity contribution in [1.29, 1.82) is 0 Å². The smallest absolute Gasteiger partial charge is 0.0353 e. The summed E-state index contributed by atoms with van der Waals surface area (Å²) in [4.78, 5) is 0. The molecule has 9 heavy (non-hydrogen) atoms. The van der Waals surface area contributed by atoms with Gasteiger partial charge < -0.3 is 11.7 Å². The largest absolute Gasteiger partial charge is 0.387 e. The molecule has 0 aliphatic heterocycles. The van der Waals surface area contributed by atoms with E-state index in [0.29, 0.717) is 5.92 Å². The summed E-state index contributed by atoms with van der Waals surface area (Å²) in [6.07, 6.45) is 0. The summed E-state index contributed by atoms with van der Waals surface area (Å²) in [5, 5.41) is 0. The quantitative estimate of drug-likeness (QED) is 0.663. The molecule has 0 rings (SSSR count). The maximum absolute atomic E-state index is 4.74. The van der Waals surface area contributed by atoms with Crippen LogP contribution in [-0.4, -0.2) is 13.7 Å². The molecule has 1 unspecified atom stereocenters. The second-order valence-electron chi connectivity index (χ2n) is 1.56. The molecule has 1 nitrogen and oxygen atoms in total. The molecule has 0 saturated heterocycles. The minimum atomic E-state index is 0. The number of hydrogen-bond acceptors (Lipinski definition) is 1. The van der Waals surface area contributed by atoms with E-state index in [4.69, 9.17) is 4.74 Å². The zero-order valence-electron chi connectivity index (χ0n) is 5.11. The Bertz CT molecular complexity index is 30.1. The number of methoxy groups -OCH3 is 1. The summed E-state index contributed by atoms with van der Waals surface area (Å²) in [5.41, 5.74) is 0. The zero-order valence-corrected chi connectivity index (χ0v) is 11.5. The van der Waals surface area contributed by atoms with E-state index < -0.39 is 0 Å². The minimum absolute atomic E-state index is 0. The normalized spacial score (nSPS) is 9.67. The third kappa shape index (κ3) is 44.6. The molecule has 0 fully saturated rings. The standard InChI is InChI=1S/C5H11O.2CH4.Rf/c1-5(2)4-6-3;;;/h5H,1,4H2,2-3H3;2*1H4;/q-1;;;. The van der Waals surface area contributed by atoms with Crippen LogP contribution in [0.15, 0.2) is 0 Å². The molecule has 0 aliphatic rings. The van der Waals surface area contributed by atoms with E-state index in [1.807, 2.05) is 6.92 Å². The van der Waals surface area contributed by atoms with Crippen molar-refractivity contribution >= 4 is 0 Å². The van der Waals surface area contributed by atoms with E-state index >= 15 is 0 Å². The predicted octanol–water partition coefficient (Wildman–Crippen LogP) is 2.38. The van der Waals surface area contributed by atoms with Crippen LogP contribution in [0.25, 0.3) is 0 Å². The van der Waals surface area contributed by atoms with E-state index in [2.05, 4.69) is 6.92 Å². The number of rotatable bonds is 2. The fourth-order valence-electron chi connectivity index (χ4n) is 0.285. The van der Waals surface area contributed by atoms with Gasteiger partial charge >= 0.3 is 0 Å². The summed E-state index contributed by atoms with van der Waals surface area (Å²) < 4.78 is 4.74. The maximum atomic E-state index is 4.74. The van der Waals surface area contributed by atoms with Gasteiger partial charge in [-0.25, -0.2) is 0 Å². The van der Waals surface area contributed by atoms with Gasteiger partial charge in [-0.15, -0.1) is 5.92 Å². The molecule has 0 saturated carbocycles. The van der Waals surface area contributed by atoms with E-state index in [9.17, 15) is 0 Å². The fraction of sp³-hybridized carbons (Fsp3) is 0.857. The van der Waals surface area contributed by atoms with Gasteiger partial charge in [-0.05, 0) is 0 Å². The van der Waals surface area contributed by atoms with E-state index in [1.165, 1.54) is 0 Å². The maximum Gasteiger partial charge on any atom is 0.0353 e. The molecule has 1 atom stereocenters. The first kappa shape index (κ1) is 24.6. The monoisotopic (exact) mass is 386 g/mol. The average Bonchev–Trinajstić information content (AvgIpc) is 1.35. The molecular weight excluding hydrogens is 367 g/mol. The first-order chi connectivity index (χ1) is 2.77. The summed E-state index contributed by atoms with van der Waals surface area (Å²) >= 11 is 0. The fourth-order valence-corrected chi connectivity index (χ4v) is 0.285. The number of ether oxygens (including phenoxy) is 1. The molecule has 0 aromatic carbocycles. The van der Waals surface area contributed by atoms with Crippen molar-refractivity contribution in [3.05, 3.63) is 6.92 Å². The van der Waals surface area contributed by atoms with E-state index in [-0.39, 0.29) is 14.9 Å². The third-order valence-corrected chi connectivity index (χ3v) is 0.451. The SMILES string of the molecule is C.C.[CH2-]C(C)COC.[Rf]. The van der Waals surface area contributed by atoms with Crippen molar-refractivity contribution in [3.63, 3.8) is 0 Å². The molecule has 0 aromatic rings. The third-order valence-electron chi connectivity index (χ3n) is 0.451. The van der Waals surface area contributed by atoms with Crippen molar-refractivity contribution in [3.8, 4) is 0 Å². The van der Waals surface area contributed by atoms with Crippen LogP contribution in [0.5, 0.6) is 0 Å². The molecule has 0 radical (unpaired) electrons. The van der Waals surface area contributed by atoms with Gasteiger partial charge in [0.1, 0.15) is 0 Å². The van der Waals surface area contributed by atoms with Gasteiger partial charge in [0.25, 0.3) is 0 Å². The summed E-state index contributed by atoms with van der Waals surface area (Å²) in [7, 11) is 1.68. The van der Waals surface area contributed by atoms with Crippen LogP contribution in [0, 0.1) is 12.8 Å². The predicted molar refractivity (Wildman–Crippen MR) is 39.9 cm³/mol. The Balaban J connectivity index is -0.0000000417. The molecule has 0 aromatic heterocycles. The molecule has 56 valence electrons.